The van der Waals surface area contributed by atoms with Gasteiger partial charge in [-0.15, -0.1) is 11.3 Å². The number of aromatic nitrogens is 1. The minimum absolute atomic E-state index is 0.0798. The van der Waals surface area contributed by atoms with Gasteiger partial charge in [0, 0.05) is 30.7 Å². The highest BCUT2D eigenvalue weighted by molar-refractivity contribution is 7.15. The molecule has 1 saturated heterocycles. The van der Waals surface area contributed by atoms with Gasteiger partial charge < -0.3 is 11.1 Å². The molecule has 2 rings (SSSR count). The first-order chi connectivity index (χ1) is 7.50. The Morgan fingerprint density at radius 2 is 2.44 bits per heavy atom. The van der Waals surface area contributed by atoms with E-state index in [1.165, 1.54) is 11.3 Å². The molecule has 1 aromatic rings. The van der Waals surface area contributed by atoms with E-state index in [1.54, 1.807) is 6.20 Å². The Morgan fingerprint density at radius 1 is 1.69 bits per heavy atom. The Balaban J connectivity index is 2.11. The summed E-state index contributed by atoms with van der Waals surface area (Å²) in [5.74, 6) is 0.0798. The van der Waals surface area contributed by atoms with Crippen molar-refractivity contribution in [1.82, 2.24) is 15.2 Å². The molecule has 6 heteroatoms. The molecule has 0 aromatic carbocycles. The largest absolute Gasteiger partial charge is 0.375 e. The molecule has 16 heavy (non-hydrogen) atoms. The number of piperazine rings is 1. The van der Waals surface area contributed by atoms with E-state index >= 15 is 0 Å². The fraction of sp³-hybridized carbons (Fsp3) is 0.600. The van der Waals surface area contributed by atoms with Crippen molar-refractivity contribution in [2.24, 2.45) is 0 Å². The summed E-state index contributed by atoms with van der Waals surface area (Å²) in [4.78, 5) is 19.0. The second kappa shape index (κ2) is 4.03. The normalized spacial score (nSPS) is 20.8. The third kappa shape index (κ3) is 2.03. The molecule has 1 amide bonds. The summed E-state index contributed by atoms with van der Waals surface area (Å²) in [7, 11) is 0. The van der Waals surface area contributed by atoms with Gasteiger partial charge in [0.25, 0.3) is 0 Å². The molecule has 0 aliphatic carbocycles. The van der Waals surface area contributed by atoms with Crippen molar-refractivity contribution in [3.8, 4) is 0 Å². The second-order valence-corrected chi connectivity index (χ2v) is 5.55. The summed E-state index contributed by atoms with van der Waals surface area (Å²) < 4.78 is 0. The Hall–Kier alpha value is -1.14. The van der Waals surface area contributed by atoms with Crippen LogP contribution < -0.4 is 11.1 Å². The number of carbonyl (C=O) groups excluding carboxylic acids is 1. The zero-order chi connectivity index (χ0) is 11.8. The van der Waals surface area contributed by atoms with Crippen LogP contribution in [0.2, 0.25) is 0 Å². The van der Waals surface area contributed by atoms with Crippen molar-refractivity contribution in [2.75, 3.05) is 18.8 Å². The first-order valence-electron chi connectivity index (χ1n) is 5.23. The number of hydrogen-bond donors (Lipinski definition) is 2. The molecule has 1 aliphatic heterocycles. The van der Waals surface area contributed by atoms with Gasteiger partial charge in [-0.25, -0.2) is 4.98 Å². The molecule has 0 atom stereocenters. The number of amides is 1. The average molecular weight is 240 g/mol. The first kappa shape index (κ1) is 11.3. The Kier molecular flexibility index (Phi) is 2.86. The highest BCUT2D eigenvalue weighted by Crippen LogP contribution is 2.23. The summed E-state index contributed by atoms with van der Waals surface area (Å²) in [6, 6.07) is 0. The van der Waals surface area contributed by atoms with E-state index in [2.05, 4.69) is 15.2 Å². The van der Waals surface area contributed by atoms with Crippen LogP contribution in [0.3, 0.4) is 0 Å². The number of hydrogen-bond acceptors (Lipinski definition) is 5. The maximum absolute atomic E-state index is 11.7. The molecule has 1 fully saturated rings. The maximum atomic E-state index is 11.7. The number of rotatable bonds is 2. The van der Waals surface area contributed by atoms with Crippen molar-refractivity contribution >= 4 is 22.4 Å². The first-order valence-corrected chi connectivity index (χ1v) is 6.05. The fourth-order valence-electron chi connectivity index (χ4n) is 1.80. The van der Waals surface area contributed by atoms with E-state index in [9.17, 15) is 4.79 Å². The lowest BCUT2D eigenvalue weighted by molar-refractivity contribution is -0.135. The van der Waals surface area contributed by atoms with Crippen molar-refractivity contribution in [3.05, 3.63) is 11.1 Å². The molecule has 2 heterocycles. The van der Waals surface area contributed by atoms with Crippen molar-refractivity contribution in [1.29, 1.82) is 0 Å². The minimum Gasteiger partial charge on any atom is -0.375 e. The van der Waals surface area contributed by atoms with Gasteiger partial charge in [0.2, 0.25) is 5.91 Å². The molecule has 0 spiro atoms. The molecule has 88 valence electrons. The quantitative estimate of drug-likeness (QED) is 0.786. The molecular formula is C10H16N4OS. The molecule has 1 aromatic heterocycles. The summed E-state index contributed by atoms with van der Waals surface area (Å²) in [5.41, 5.74) is 5.13. The van der Waals surface area contributed by atoms with E-state index in [0.717, 1.165) is 18.0 Å². The number of anilines is 1. The van der Waals surface area contributed by atoms with Gasteiger partial charge in [-0.05, 0) is 13.8 Å². The Bertz CT molecular complexity index is 401. The molecule has 1 aliphatic rings. The van der Waals surface area contributed by atoms with E-state index in [1.807, 2.05) is 13.8 Å². The van der Waals surface area contributed by atoms with Gasteiger partial charge in [-0.1, -0.05) is 0 Å². The predicted molar refractivity (Wildman–Crippen MR) is 64.0 cm³/mol. The zero-order valence-corrected chi connectivity index (χ0v) is 10.3. The van der Waals surface area contributed by atoms with Gasteiger partial charge in [0.1, 0.15) is 0 Å². The molecule has 0 unspecified atom stereocenters. The third-order valence-electron chi connectivity index (χ3n) is 2.93. The fourth-order valence-corrected chi connectivity index (χ4v) is 2.50. The van der Waals surface area contributed by atoms with Crippen LogP contribution in [0.25, 0.3) is 0 Å². The van der Waals surface area contributed by atoms with E-state index in [-0.39, 0.29) is 5.91 Å². The summed E-state index contributed by atoms with van der Waals surface area (Å²) >= 11 is 1.48. The van der Waals surface area contributed by atoms with Gasteiger partial charge in [0.15, 0.2) is 5.13 Å². The van der Waals surface area contributed by atoms with Crippen molar-refractivity contribution in [3.63, 3.8) is 0 Å². The lowest BCUT2D eigenvalue weighted by Gasteiger charge is -2.40. The lowest BCUT2D eigenvalue weighted by Crippen LogP contribution is -2.61. The molecular weight excluding hydrogens is 224 g/mol. The van der Waals surface area contributed by atoms with Crippen molar-refractivity contribution < 1.29 is 4.79 Å². The number of nitrogens with one attached hydrogen (secondary N) is 1. The third-order valence-corrected chi connectivity index (χ3v) is 3.74. The average Bonchev–Trinajstić information content (AvgIpc) is 2.60. The summed E-state index contributed by atoms with van der Waals surface area (Å²) in [6.45, 7) is 6.17. The number of nitrogens with zero attached hydrogens (tertiary/aromatic N) is 2. The monoisotopic (exact) mass is 240 g/mol. The highest BCUT2D eigenvalue weighted by Gasteiger charge is 2.37. The van der Waals surface area contributed by atoms with E-state index < -0.39 is 5.54 Å². The number of thiazole rings is 1. The van der Waals surface area contributed by atoms with Crippen LogP contribution in [0.4, 0.5) is 5.13 Å². The van der Waals surface area contributed by atoms with Crippen LogP contribution in [0.5, 0.6) is 0 Å². The lowest BCUT2D eigenvalue weighted by atomic mass is 9.99. The summed E-state index contributed by atoms with van der Waals surface area (Å²) in [5, 5.41) is 3.45. The van der Waals surface area contributed by atoms with Gasteiger partial charge in [-0.2, -0.15) is 0 Å². The molecule has 0 radical (unpaired) electrons. The Morgan fingerprint density at radius 3 is 3.06 bits per heavy atom. The van der Waals surface area contributed by atoms with Crippen LogP contribution in [-0.2, 0) is 11.3 Å². The predicted octanol–water partition coefficient (Wildman–Crippen LogP) is 0.436. The minimum atomic E-state index is -0.461. The highest BCUT2D eigenvalue weighted by atomic mass is 32.1. The maximum Gasteiger partial charge on any atom is 0.240 e. The molecule has 5 nitrogen and oxygen atoms in total. The van der Waals surface area contributed by atoms with Crippen LogP contribution in [0, 0.1) is 0 Å². The van der Waals surface area contributed by atoms with Crippen LogP contribution >= 0.6 is 11.3 Å². The van der Waals surface area contributed by atoms with E-state index in [4.69, 9.17) is 5.73 Å². The standard InChI is InChI=1S/C10H16N4OS/c1-10(2)8(15)12-3-4-14(10)6-7-5-13-9(11)16-7/h5H,3-4,6H2,1-2H3,(H2,11,13)(H,12,15). The van der Waals surface area contributed by atoms with Gasteiger partial charge >= 0.3 is 0 Å². The van der Waals surface area contributed by atoms with Crippen LogP contribution in [-0.4, -0.2) is 34.4 Å². The topological polar surface area (TPSA) is 71.2 Å². The zero-order valence-electron chi connectivity index (χ0n) is 9.49. The molecule has 0 saturated carbocycles. The number of nitrogens with two attached hydrogens (primary N) is 1. The molecule has 3 N–H and O–H groups in total. The summed E-state index contributed by atoms with van der Waals surface area (Å²) in [6.07, 6.45) is 1.78. The van der Waals surface area contributed by atoms with Crippen molar-refractivity contribution in [2.45, 2.75) is 25.9 Å². The van der Waals surface area contributed by atoms with Crippen LogP contribution in [0.15, 0.2) is 6.20 Å². The number of nitrogen functional groups attached to an aromatic ring is 1. The van der Waals surface area contributed by atoms with Gasteiger partial charge in [-0.3, -0.25) is 9.69 Å². The molecule has 0 bridgehead atoms. The van der Waals surface area contributed by atoms with E-state index in [0.29, 0.717) is 11.7 Å². The number of carbonyl (C=O) groups is 1. The Labute approximate surface area is 98.7 Å². The van der Waals surface area contributed by atoms with Crippen LogP contribution in [0.1, 0.15) is 18.7 Å². The van der Waals surface area contributed by atoms with Gasteiger partial charge in [0.05, 0.1) is 5.54 Å². The second-order valence-electron chi connectivity index (χ2n) is 4.40. The smallest absolute Gasteiger partial charge is 0.240 e. The SMILES string of the molecule is CC1(C)C(=O)NCCN1Cc1cnc(N)s1.